The van der Waals surface area contributed by atoms with E-state index in [9.17, 15) is 4.79 Å². The number of rotatable bonds is 5. The summed E-state index contributed by atoms with van der Waals surface area (Å²) in [4.78, 5) is 12.7. The Labute approximate surface area is 97.7 Å². The Balaban J connectivity index is 2.58. The molecule has 1 nitrogen and oxygen atoms in total. The highest BCUT2D eigenvalue weighted by molar-refractivity contribution is 9.11. The molecule has 0 amide bonds. The molecule has 14 heavy (non-hydrogen) atoms. The van der Waals surface area contributed by atoms with E-state index in [0.717, 1.165) is 21.5 Å². The molecule has 1 aromatic rings. The van der Waals surface area contributed by atoms with Crippen LogP contribution in [0, 0.1) is 5.92 Å². The lowest BCUT2D eigenvalue weighted by Crippen LogP contribution is -2.05. The maximum atomic E-state index is 11.8. The number of halogens is 1. The van der Waals surface area contributed by atoms with Gasteiger partial charge in [-0.1, -0.05) is 26.7 Å². The van der Waals surface area contributed by atoms with Crippen molar-refractivity contribution >= 4 is 33.0 Å². The minimum atomic E-state index is 0.286. The summed E-state index contributed by atoms with van der Waals surface area (Å²) in [7, 11) is 0. The third-order valence-corrected chi connectivity index (χ3v) is 4.14. The summed E-state index contributed by atoms with van der Waals surface area (Å²) in [6, 6.07) is 3.84. The number of carbonyl (C=O) groups excluding carboxylic acids is 1. The quantitative estimate of drug-likeness (QED) is 0.722. The van der Waals surface area contributed by atoms with E-state index < -0.39 is 0 Å². The Morgan fingerprint density at radius 1 is 1.43 bits per heavy atom. The summed E-state index contributed by atoms with van der Waals surface area (Å²) in [5.41, 5.74) is 0. The Hall–Kier alpha value is -0.150. The average molecular weight is 275 g/mol. The van der Waals surface area contributed by atoms with E-state index in [2.05, 4.69) is 29.8 Å². The maximum absolute atomic E-state index is 11.8. The highest BCUT2D eigenvalue weighted by atomic mass is 79.9. The van der Waals surface area contributed by atoms with Crippen molar-refractivity contribution in [2.24, 2.45) is 5.92 Å². The molecule has 0 unspecified atom stereocenters. The molecule has 0 bridgehead atoms. The van der Waals surface area contributed by atoms with Gasteiger partial charge in [0, 0.05) is 6.42 Å². The Morgan fingerprint density at radius 3 is 2.50 bits per heavy atom. The van der Waals surface area contributed by atoms with Crippen LogP contribution in [0.25, 0.3) is 0 Å². The largest absolute Gasteiger partial charge is 0.293 e. The molecule has 0 radical (unpaired) electrons. The highest BCUT2D eigenvalue weighted by Crippen LogP contribution is 2.25. The number of carbonyl (C=O) groups is 1. The molecule has 0 atom stereocenters. The summed E-state index contributed by atoms with van der Waals surface area (Å²) in [6.07, 6.45) is 2.88. The molecule has 0 spiro atoms. The van der Waals surface area contributed by atoms with Gasteiger partial charge in [-0.25, -0.2) is 0 Å². The maximum Gasteiger partial charge on any atom is 0.173 e. The van der Waals surface area contributed by atoms with Crippen LogP contribution < -0.4 is 0 Å². The fourth-order valence-corrected chi connectivity index (χ4v) is 2.74. The topological polar surface area (TPSA) is 17.1 Å². The van der Waals surface area contributed by atoms with Gasteiger partial charge < -0.3 is 0 Å². The molecule has 0 saturated heterocycles. The number of hydrogen-bond acceptors (Lipinski definition) is 2. The van der Waals surface area contributed by atoms with Crippen molar-refractivity contribution in [3.05, 3.63) is 20.8 Å². The van der Waals surface area contributed by atoms with Gasteiger partial charge in [-0.05, 0) is 34.0 Å². The van der Waals surface area contributed by atoms with Gasteiger partial charge in [-0.3, -0.25) is 4.79 Å². The second kappa shape index (κ2) is 5.66. The molecule has 0 aliphatic rings. The standard InChI is InChI=1S/C11H15BrOS/c1-3-8(4-2)7-9(13)10-5-6-11(12)14-10/h5-6,8H,3-4,7H2,1-2H3. The molecule has 1 aromatic heterocycles. The van der Waals surface area contributed by atoms with Gasteiger partial charge in [-0.2, -0.15) is 0 Å². The molecular formula is C11H15BrOS. The van der Waals surface area contributed by atoms with E-state index >= 15 is 0 Å². The van der Waals surface area contributed by atoms with Gasteiger partial charge in [-0.15, -0.1) is 11.3 Å². The van der Waals surface area contributed by atoms with Gasteiger partial charge in [0.25, 0.3) is 0 Å². The first-order valence-electron chi connectivity index (χ1n) is 4.95. The summed E-state index contributed by atoms with van der Waals surface area (Å²) >= 11 is 4.89. The van der Waals surface area contributed by atoms with Crippen LogP contribution in [0.1, 0.15) is 42.8 Å². The minimum Gasteiger partial charge on any atom is -0.293 e. The van der Waals surface area contributed by atoms with Crippen molar-refractivity contribution in [3.8, 4) is 0 Å². The number of ketones is 1. The van der Waals surface area contributed by atoms with Gasteiger partial charge in [0.15, 0.2) is 5.78 Å². The average Bonchev–Trinajstić information content (AvgIpc) is 2.61. The fourth-order valence-electron chi connectivity index (χ4n) is 1.40. The van der Waals surface area contributed by atoms with Crippen LogP contribution >= 0.6 is 27.3 Å². The van der Waals surface area contributed by atoms with Crippen LogP contribution in [0.3, 0.4) is 0 Å². The predicted molar refractivity (Wildman–Crippen MR) is 65.0 cm³/mol. The minimum absolute atomic E-state index is 0.286. The van der Waals surface area contributed by atoms with Crippen LogP contribution in [0.5, 0.6) is 0 Å². The van der Waals surface area contributed by atoms with Gasteiger partial charge in [0.2, 0.25) is 0 Å². The predicted octanol–water partition coefficient (Wildman–Crippen LogP) is 4.52. The molecule has 1 rings (SSSR count). The van der Waals surface area contributed by atoms with Crippen molar-refractivity contribution in [2.75, 3.05) is 0 Å². The van der Waals surface area contributed by atoms with Crippen LogP contribution in [0.4, 0.5) is 0 Å². The molecule has 0 aliphatic heterocycles. The normalized spacial score (nSPS) is 10.9. The molecule has 1 heterocycles. The lowest BCUT2D eigenvalue weighted by molar-refractivity contribution is 0.0962. The summed E-state index contributed by atoms with van der Waals surface area (Å²) in [6.45, 7) is 4.29. The molecule has 3 heteroatoms. The number of hydrogen-bond donors (Lipinski definition) is 0. The lowest BCUT2D eigenvalue weighted by atomic mass is 9.96. The highest BCUT2D eigenvalue weighted by Gasteiger charge is 2.13. The molecule has 0 fully saturated rings. The Kier molecular flexibility index (Phi) is 4.82. The molecule has 0 N–H and O–H groups in total. The van der Waals surface area contributed by atoms with Crippen molar-refractivity contribution in [1.29, 1.82) is 0 Å². The number of thiophene rings is 1. The zero-order chi connectivity index (χ0) is 10.6. The summed E-state index contributed by atoms with van der Waals surface area (Å²) < 4.78 is 1.03. The second-order valence-electron chi connectivity index (χ2n) is 3.41. The fraction of sp³-hybridized carbons (Fsp3) is 0.545. The zero-order valence-corrected chi connectivity index (χ0v) is 11.0. The molecular weight excluding hydrogens is 260 g/mol. The lowest BCUT2D eigenvalue weighted by Gasteiger charge is -2.09. The molecule has 0 aromatic carbocycles. The second-order valence-corrected chi connectivity index (χ2v) is 5.88. The smallest absolute Gasteiger partial charge is 0.173 e. The van der Waals surface area contributed by atoms with Crippen LogP contribution in [-0.2, 0) is 0 Å². The van der Waals surface area contributed by atoms with E-state index in [1.54, 1.807) is 0 Å². The van der Waals surface area contributed by atoms with E-state index in [1.807, 2.05) is 12.1 Å². The summed E-state index contributed by atoms with van der Waals surface area (Å²) in [5, 5.41) is 0. The molecule has 78 valence electrons. The molecule has 0 aliphatic carbocycles. The Bertz CT molecular complexity index is 302. The van der Waals surface area contributed by atoms with Gasteiger partial charge in [0.05, 0.1) is 8.66 Å². The third kappa shape index (κ3) is 3.21. The van der Waals surface area contributed by atoms with Crippen molar-refractivity contribution < 1.29 is 4.79 Å². The molecule has 0 saturated carbocycles. The monoisotopic (exact) mass is 274 g/mol. The number of Topliss-reactive ketones (excluding diaryl/α,β-unsaturated/α-hetero) is 1. The van der Waals surface area contributed by atoms with Crippen LogP contribution in [0.15, 0.2) is 15.9 Å². The van der Waals surface area contributed by atoms with Crippen molar-refractivity contribution in [1.82, 2.24) is 0 Å². The van der Waals surface area contributed by atoms with E-state index in [0.29, 0.717) is 12.3 Å². The summed E-state index contributed by atoms with van der Waals surface area (Å²) in [5.74, 6) is 0.831. The van der Waals surface area contributed by atoms with Crippen LogP contribution in [-0.4, -0.2) is 5.78 Å². The third-order valence-electron chi connectivity index (χ3n) is 2.48. The van der Waals surface area contributed by atoms with E-state index in [-0.39, 0.29) is 5.78 Å². The van der Waals surface area contributed by atoms with E-state index in [1.165, 1.54) is 11.3 Å². The van der Waals surface area contributed by atoms with Crippen molar-refractivity contribution in [3.63, 3.8) is 0 Å². The first kappa shape index (κ1) is 11.9. The van der Waals surface area contributed by atoms with Crippen molar-refractivity contribution in [2.45, 2.75) is 33.1 Å². The van der Waals surface area contributed by atoms with Gasteiger partial charge >= 0.3 is 0 Å². The zero-order valence-electron chi connectivity index (χ0n) is 8.55. The van der Waals surface area contributed by atoms with E-state index in [4.69, 9.17) is 0 Å². The Morgan fingerprint density at radius 2 is 2.07 bits per heavy atom. The first-order valence-corrected chi connectivity index (χ1v) is 6.56. The van der Waals surface area contributed by atoms with Crippen LogP contribution in [0.2, 0.25) is 0 Å². The SMILES string of the molecule is CCC(CC)CC(=O)c1ccc(Br)s1. The first-order chi connectivity index (χ1) is 6.67. The van der Waals surface area contributed by atoms with Gasteiger partial charge in [0.1, 0.15) is 0 Å².